The summed E-state index contributed by atoms with van der Waals surface area (Å²) in [6.07, 6.45) is 2.85. The average Bonchev–Trinajstić information content (AvgIpc) is 3.10. The second-order valence-electron chi connectivity index (χ2n) is 6.06. The molecule has 3 rings (SSSR count). The summed E-state index contributed by atoms with van der Waals surface area (Å²) in [7, 11) is 0. The summed E-state index contributed by atoms with van der Waals surface area (Å²) < 4.78 is 16.2. The highest BCUT2D eigenvalue weighted by Crippen LogP contribution is 2.30. The summed E-state index contributed by atoms with van der Waals surface area (Å²) in [5.41, 5.74) is 1.18. The predicted molar refractivity (Wildman–Crippen MR) is 92.6 cm³/mol. The number of esters is 1. The summed E-state index contributed by atoms with van der Waals surface area (Å²) in [5, 5.41) is 0.861. The number of ether oxygens (including phenoxy) is 2. The van der Waals surface area contributed by atoms with E-state index < -0.39 is 0 Å². The third-order valence-corrected chi connectivity index (χ3v) is 4.48. The first kappa shape index (κ1) is 17.3. The number of hydrogen-bond donors (Lipinski definition) is 0. The van der Waals surface area contributed by atoms with Crippen molar-refractivity contribution in [1.29, 1.82) is 0 Å². The summed E-state index contributed by atoms with van der Waals surface area (Å²) in [5.74, 6) is 0.306. The zero-order valence-corrected chi connectivity index (χ0v) is 14.6. The quantitative estimate of drug-likeness (QED) is 0.778. The molecule has 2 aromatic rings. The van der Waals surface area contributed by atoms with E-state index in [9.17, 15) is 9.59 Å². The highest BCUT2D eigenvalue weighted by Gasteiger charge is 2.29. The molecule has 0 radical (unpaired) electrons. The number of rotatable bonds is 5. The van der Waals surface area contributed by atoms with Gasteiger partial charge in [0, 0.05) is 18.7 Å². The van der Waals surface area contributed by atoms with E-state index in [-0.39, 0.29) is 17.8 Å². The van der Waals surface area contributed by atoms with Crippen LogP contribution in [0, 0.1) is 5.92 Å². The third kappa shape index (κ3) is 3.62. The van der Waals surface area contributed by atoms with Crippen LogP contribution in [0.4, 0.5) is 0 Å². The van der Waals surface area contributed by atoms with Crippen molar-refractivity contribution in [3.63, 3.8) is 0 Å². The van der Waals surface area contributed by atoms with E-state index in [0.29, 0.717) is 56.0 Å². The third-order valence-electron chi connectivity index (χ3n) is 4.48. The number of furan rings is 1. The molecule has 1 amide bonds. The van der Waals surface area contributed by atoms with Crippen molar-refractivity contribution in [2.75, 3.05) is 26.3 Å². The lowest BCUT2D eigenvalue weighted by Crippen LogP contribution is -2.40. The van der Waals surface area contributed by atoms with Gasteiger partial charge >= 0.3 is 5.97 Å². The summed E-state index contributed by atoms with van der Waals surface area (Å²) in [4.78, 5) is 26.4. The first-order chi connectivity index (χ1) is 12.1. The van der Waals surface area contributed by atoms with Gasteiger partial charge < -0.3 is 18.8 Å². The number of carbonyl (C=O) groups excluding carboxylic acids is 2. The van der Waals surface area contributed by atoms with Crippen LogP contribution in [-0.2, 0) is 9.53 Å². The molecule has 0 N–H and O–H groups in total. The zero-order chi connectivity index (χ0) is 17.8. The van der Waals surface area contributed by atoms with Crippen LogP contribution < -0.4 is 4.74 Å². The van der Waals surface area contributed by atoms with Gasteiger partial charge in [0.15, 0.2) is 0 Å². The van der Waals surface area contributed by atoms with Crippen LogP contribution in [0.25, 0.3) is 11.0 Å². The number of piperidine rings is 1. The second-order valence-corrected chi connectivity index (χ2v) is 6.06. The topological polar surface area (TPSA) is 69.0 Å². The first-order valence-corrected chi connectivity index (χ1v) is 8.74. The Morgan fingerprint density at radius 1 is 1.20 bits per heavy atom. The van der Waals surface area contributed by atoms with E-state index in [2.05, 4.69) is 0 Å². The Hall–Kier alpha value is -2.50. The van der Waals surface area contributed by atoms with Crippen molar-refractivity contribution in [3.8, 4) is 5.75 Å². The second kappa shape index (κ2) is 7.59. The van der Waals surface area contributed by atoms with Crippen LogP contribution in [0.2, 0.25) is 0 Å². The molecule has 0 unspecified atom stereocenters. The van der Waals surface area contributed by atoms with Gasteiger partial charge in [-0.3, -0.25) is 9.59 Å². The van der Waals surface area contributed by atoms with Crippen molar-refractivity contribution < 1.29 is 23.5 Å². The van der Waals surface area contributed by atoms with E-state index in [1.165, 1.54) is 0 Å². The van der Waals surface area contributed by atoms with Gasteiger partial charge in [-0.05, 0) is 44.9 Å². The zero-order valence-electron chi connectivity index (χ0n) is 14.6. The molecule has 134 valence electrons. The Balaban J connectivity index is 1.73. The van der Waals surface area contributed by atoms with Crippen LogP contribution in [0.3, 0.4) is 0 Å². The molecule has 1 saturated heterocycles. The molecule has 1 aliphatic rings. The Kier molecular flexibility index (Phi) is 5.26. The molecular weight excluding hydrogens is 322 g/mol. The van der Waals surface area contributed by atoms with Gasteiger partial charge in [-0.25, -0.2) is 0 Å². The van der Waals surface area contributed by atoms with Gasteiger partial charge in [0.05, 0.1) is 30.8 Å². The Labute approximate surface area is 146 Å². The molecule has 0 spiro atoms. The van der Waals surface area contributed by atoms with E-state index in [4.69, 9.17) is 13.9 Å². The number of fused-ring (bicyclic) bond motifs is 1. The van der Waals surface area contributed by atoms with E-state index in [1.54, 1.807) is 30.2 Å². The summed E-state index contributed by atoms with van der Waals surface area (Å²) in [6.45, 7) is 5.70. The molecule has 0 atom stereocenters. The molecule has 0 bridgehead atoms. The van der Waals surface area contributed by atoms with Crippen LogP contribution in [0.1, 0.15) is 37.0 Å². The van der Waals surface area contributed by atoms with Gasteiger partial charge in [-0.15, -0.1) is 0 Å². The number of amides is 1. The molecule has 1 aromatic heterocycles. The molecule has 6 heteroatoms. The molecule has 25 heavy (non-hydrogen) atoms. The van der Waals surface area contributed by atoms with Crippen LogP contribution >= 0.6 is 0 Å². The fourth-order valence-electron chi connectivity index (χ4n) is 3.20. The lowest BCUT2D eigenvalue weighted by atomic mass is 9.96. The van der Waals surface area contributed by atoms with Gasteiger partial charge in [0.1, 0.15) is 11.3 Å². The number of carbonyl (C=O) groups is 2. The SMILES string of the molecule is CCOC(=O)C1CCN(C(=O)c2cc(OCC)c3ccoc3c2)CC1. The fourth-order valence-corrected chi connectivity index (χ4v) is 3.20. The van der Waals surface area contributed by atoms with Crippen LogP contribution in [-0.4, -0.2) is 43.1 Å². The number of nitrogens with zero attached hydrogens (tertiary/aromatic N) is 1. The van der Waals surface area contributed by atoms with Crippen LogP contribution in [0.5, 0.6) is 5.75 Å². The first-order valence-electron chi connectivity index (χ1n) is 8.74. The standard InChI is InChI=1S/C19H23NO5/c1-3-23-16-11-14(12-17-15(16)7-10-25-17)18(21)20-8-5-13(6-9-20)19(22)24-4-2/h7,10-13H,3-6,8-9H2,1-2H3. The van der Waals surface area contributed by atoms with Gasteiger partial charge in [-0.1, -0.05) is 0 Å². The maximum atomic E-state index is 12.8. The molecule has 0 aliphatic carbocycles. The van der Waals surface area contributed by atoms with Crippen LogP contribution in [0.15, 0.2) is 28.9 Å². The molecule has 2 heterocycles. The molecule has 6 nitrogen and oxygen atoms in total. The number of benzene rings is 1. The largest absolute Gasteiger partial charge is 0.493 e. The van der Waals surface area contributed by atoms with Crippen molar-refractivity contribution >= 4 is 22.8 Å². The maximum Gasteiger partial charge on any atom is 0.309 e. The van der Waals surface area contributed by atoms with Crippen molar-refractivity contribution in [2.45, 2.75) is 26.7 Å². The Bertz CT molecular complexity index is 758. The number of likely N-dealkylation sites (tertiary alicyclic amines) is 1. The van der Waals surface area contributed by atoms with Gasteiger partial charge in [-0.2, -0.15) is 0 Å². The highest BCUT2D eigenvalue weighted by molar-refractivity contribution is 5.99. The Morgan fingerprint density at radius 2 is 1.96 bits per heavy atom. The minimum atomic E-state index is -0.162. The molecule has 0 saturated carbocycles. The van der Waals surface area contributed by atoms with E-state index in [1.807, 2.05) is 13.0 Å². The monoisotopic (exact) mass is 345 g/mol. The predicted octanol–water partition coefficient (Wildman–Crippen LogP) is 3.25. The Morgan fingerprint density at radius 3 is 2.64 bits per heavy atom. The lowest BCUT2D eigenvalue weighted by Gasteiger charge is -2.31. The average molecular weight is 345 g/mol. The highest BCUT2D eigenvalue weighted by atomic mass is 16.5. The van der Waals surface area contributed by atoms with Crippen molar-refractivity contribution in [2.24, 2.45) is 5.92 Å². The van der Waals surface area contributed by atoms with Gasteiger partial charge in [0.2, 0.25) is 0 Å². The molecule has 1 fully saturated rings. The van der Waals surface area contributed by atoms with Crippen molar-refractivity contribution in [3.05, 3.63) is 30.0 Å². The fraction of sp³-hybridized carbons (Fsp3) is 0.474. The van der Waals surface area contributed by atoms with E-state index in [0.717, 1.165) is 5.39 Å². The molecule has 1 aliphatic heterocycles. The summed E-state index contributed by atoms with van der Waals surface area (Å²) >= 11 is 0. The maximum absolute atomic E-state index is 12.8. The van der Waals surface area contributed by atoms with E-state index >= 15 is 0 Å². The van der Waals surface area contributed by atoms with Gasteiger partial charge in [0.25, 0.3) is 5.91 Å². The minimum absolute atomic E-state index is 0.0680. The molecular formula is C19H23NO5. The van der Waals surface area contributed by atoms with Crippen molar-refractivity contribution in [1.82, 2.24) is 4.90 Å². The smallest absolute Gasteiger partial charge is 0.309 e. The minimum Gasteiger partial charge on any atom is -0.493 e. The normalized spacial score (nSPS) is 15.4. The lowest BCUT2D eigenvalue weighted by molar-refractivity contribution is -0.149. The number of hydrogen-bond acceptors (Lipinski definition) is 5. The summed E-state index contributed by atoms with van der Waals surface area (Å²) in [6, 6.07) is 5.35. The molecule has 1 aromatic carbocycles.